The van der Waals surface area contributed by atoms with E-state index in [1.165, 1.54) is 0 Å². The Morgan fingerprint density at radius 2 is 1.43 bits per heavy atom. The fourth-order valence-electron chi connectivity index (χ4n) is 4.98. The maximum absolute atomic E-state index is 10.7. The van der Waals surface area contributed by atoms with Gasteiger partial charge in [0.15, 0.2) is 12.4 Å². The van der Waals surface area contributed by atoms with Crippen LogP contribution in [-0.2, 0) is 23.7 Å². The first kappa shape index (κ1) is 27.4. The van der Waals surface area contributed by atoms with E-state index in [0.717, 1.165) is 0 Å². The lowest BCUT2D eigenvalue weighted by Gasteiger charge is -2.46. The molecule has 3 saturated heterocycles. The highest BCUT2D eigenvalue weighted by Crippen LogP contribution is 2.45. The van der Waals surface area contributed by atoms with E-state index in [0.29, 0.717) is 0 Å². The van der Waals surface area contributed by atoms with Gasteiger partial charge in [0, 0.05) is 12.1 Å². The maximum atomic E-state index is 10.7. The Labute approximate surface area is 199 Å². The standard InChI is InChI=1S/C19H35N3O13/c20-4-1-5(21)9(26)14(8(4)25)32-18-16-15(10(27)7(3-24)31-18)34-19(35-16)17(30)12(29)11(28)13(33-19)6(22)2-23/h4-18,23-30H,1-3,20-22H2/t4-,5+,6-,7+,8+,9-,10-,11+,12-,13+,14?,15-,16-,17+,18-,19?/m0/s1. The summed E-state index contributed by atoms with van der Waals surface area (Å²) in [4.78, 5) is 0. The molecular formula is C19H35N3O13. The quantitative estimate of drug-likeness (QED) is 0.163. The number of nitrogens with two attached hydrogens (primary N) is 3. The number of aliphatic hydroxyl groups is 8. The summed E-state index contributed by atoms with van der Waals surface area (Å²) in [6.45, 7) is -1.35. The lowest BCUT2D eigenvalue weighted by atomic mass is 9.84. The van der Waals surface area contributed by atoms with Gasteiger partial charge in [0.2, 0.25) is 0 Å². The van der Waals surface area contributed by atoms with Crippen LogP contribution < -0.4 is 17.2 Å². The van der Waals surface area contributed by atoms with Gasteiger partial charge in [0.25, 0.3) is 0 Å². The fraction of sp³-hybridized carbons (Fsp3) is 1.00. The van der Waals surface area contributed by atoms with Crippen molar-refractivity contribution in [2.45, 2.75) is 104 Å². The molecule has 4 aliphatic rings. The molecular weight excluding hydrogens is 478 g/mol. The van der Waals surface area contributed by atoms with Crippen LogP contribution in [0.15, 0.2) is 0 Å². The van der Waals surface area contributed by atoms with Crippen LogP contribution in [0.5, 0.6) is 0 Å². The molecule has 16 heteroatoms. The van der Waals surface area contributed by atoms with Crippen LogP contribution in [0.25, 0.3) is 0 Å². The summed E-state index contributed by atoms with van der Waals surface area (Å²) in [7, 11) is 0. The summed E-state index contributed by atoms with van der Waals surface area (Å²) >= 11 is 0. The van der Waals surface area contributed by atoms with Crippen LogP contribution in [0.3, 0.4) is 0 Å². The molecule has 16 atom stereocenters. The van der Waals surface area contributed by atoms with Crippen molar-refractivity contribution in [2.24, 2.45) is 17.2 Å². The van der Waals surface area contributed by atoms with Crippen molar-refractivity contribution in [1.82, 2.24) is 0 Å². The number of hydrogen-bond acceptors (Lipinski definition) is 16. The van der Waals surface area contributed by atoms with Crippen LogP contribution >= 0.6 is 0 Å². The van der Waals surface area contributed by atoms with Crippen molar-refractivity contribution < 1.29 is 64.5 Å². The molecule has 4 fully saturated rings. The van der Waals surface area contributed by atoms with Gasteiger partial charge >= 0.3 is 5.97 Å². The molecule has 2 unspecified atom stereocenters. The maximum Gasteiger partial charge on any atom is 0.314 e. The summed E-state index contributed by atoms with van der Waals surface area (Å²) in [5, 5.41) is 82.1. The van der Waals surface area contributed by atoms with Crippen molar-refractivity contribution >= 4 is 0 Å². The van der Waals surface area contributed by atoms with Crippen LogP contribution in [0.2, 0.25) is 0 Å². The van der Waals surface area contributed by atoms with Gasteiger partial charge in [-0.1, -0.05) is 0 Å². The first-order chi connectivity index (χ1) is 16.5. The smallest absolute Gasteiger partial charge is 0.314 e. The van der Waals surface area contributed by atoms with Crippen LogP contribution in [0.4, 0.5) is 0 Å². The number of hydrogen-bond donors (Lipinski definition) is 11. The largest absolute Gasteiger partial charge is 0.395 e. The summed E-state index contributed by atoms with van der Waals surface area (Å²) in [5.74, 6) is -2.49. The Morgan fingerprint density at radius 1 is 0.829 bits per heavy atom. The van der Waals surface area contributed by atoms with Gasteiger partial charge in [-0.15, -0.1) is 0 Å². The van der Waals surface area contributed by atoms with E-state index < -0.39 is 111 Å². The second-order valence-corrected chi connectivity index (χ2v) is 9.48. The molecule has 0 aromatic carbocycles. The Kier molecular flexibility index (Phi) is 8.03. The third-order valence-corrected chi connectivity index (χ3v) is 7.09. The third-order valence-electron chi connectivity index (χ3n) is 7.09. The van der Waals surface area contributed by atoms with Gasteiger partial charge in [0.05, 0.1) is 31.5 Å². The zero-order chi connectivity index (χ0) is 25.8. The Bertz CT molecular complexity index is 726. The molecule has 4 rings (SSSR count). The van der Waals surface area contributed by atoms with Gasteiger partial charge in [0.1, 0.15) is 48.8 Å². The zero-order valence-corrected chi connectivity index (χ0v) is 18.6. The van der Waals surface area contributed by atoms with Gasteiger partial charge in [-0.3, -0.25) is 0 Å². The van der Waals surface area contributed by atoms with E-state index in [1.807, 2.05) is 0 Å². The minimum absolute atomic E-state index is 0.118. The lowest BCUT2D eigenvalue weighted by molar-refractivity contribution is -0.439. The molecule has 1 saturated carbocycles. The van der Waals surface area contributed by atoms with E-state index in [2.05, 4.69) is 0 Å². The van der Waals surface area contributed by atoms with E-state index in [1.54, 1.807) is 0 Å². The molecule has 0 radical (unpaired) electrons. The van der Waals surface area contributed by atoms with E-state index in [9.17, 15) is 40.9 Å². The van der Waals surface area contributed by atoms with Gasteiger partial charge in [-0.2, -0.15) is 0 Å². The molecule has 1 aliphatic carbocycles. The molecule has 16 nitrogen and oxygen atoms in total. The molecule has 0 aromatic rings. The van der Waals surface area contributed by atoms with Crippen LogP contribution in [-0.4, -0.2) is 152 Å². The first-order valence-corrected chi connectivity index (χ1v) is 11.4. The number of rotatable bonds is 5. The van der Waals surface area contributed by atoms with Crippen molar-refractivity contribution in [3.8, 4) is 0 Å². The van der Waals surface area contributed by atoms with Crippen molar-refractivity contribution in [2.75, 3.05) is 13.2 Å². The van der Waals surface area contributed by atoms with Gasteiger partial charge in [-0.05, 0) is 6.42 Å². The molecule has 0 bridgehead atoms. The summed E-state index contributed by atoms with van der Waals surface area (Å²) in [5.41, 5.74) is 17.5. The van der Waals surface area contributed by atoms with E-state index in [4.69, 9.17) is 40.9 Å². The summed E-state index contributed by atoms with van der Waals surface area (Å²) in [6, 6.07) is -2.87. The average Bonchev–Trinajstić information content (AvgIpc) is 3.23. The predicted molar refractivity (Wildman–Crippen MR) is 110 cm³/mol. The van der Waals surface area contributed by atoms with E-state index in [-0.39, 0.29) is 6.42 Å². The fourth-order valence-corrected chi connectivity index (χ4v) is 4.98. The molecule has 0 amide bonds. The van der Waals surface area contributed by atoms with Crippen molar-refractivity contribution in [3.05, 3.63) is 0 Å². The molecule has 204 valence electrons. The van der Waals surface area contributed by atoms with Gasteiger partial charge in [-0.25, -0.2) is 0 Å². The van der Waals surface area contributed by atoms with Gasteiger partial charge < -0.3 is 81.7 Å². The highest BCUT2D eigenvalue weighted by Gasteiger charge is 2.67. The third kappa shape index (κ3) is 4.61. The number of aliphatic hydroxyl groups excluding tert-OH is 8. The molecule has 14 N–H and O–H groups in total. The monoisotopic (exact) mass is 513 g/mol. The minimum Gasteiger partial charge on any atom is -0.395 e. The van der Waals surface area contributed by atoms with Crippen LogP contribution in [0.1, 0.15) is 6.42 Å². The normalized spacial score (nSPS) is 55.6. The average molecular weight is 513 g/mol. The van der Waals surface area contributed by atoms with Crippen molar-refractivity contribution in [1.29, 1.82) is 0 Å². The molecule has 1 spiro atoms. The minimum atomic E-state index is -2.49. The van der Waals surface area contributed by atoms with Crippen molar-refractivity contribution in [3.63, 3.8) is 0 Å². The Hall–Kier alpha value is -0.640. The predicted octanol–water partition coefficient (Wildman–Crippen LogP) is -7.53. The summed E-state index contributed by atoms with van der Waals surface area (Å²) < 4.78 is 28.5. The SMILES string of the molecule is N[C@@H]1C[C@H](N)[C@@H](O)C(O[C@@H]2O[C@H](CO)[C@H](O)[C@@H]3OC4(O[C@H]23)O[C@H]([C@@H](N)CO)[C@H](O)[C@H](O)[C@H]4O)[C@H]1O. The second kappa shape index (κ2) is 10.3. The number of fused-ring (bicyclic) bond motifs is 1. The van der Waals surface area contributed by atoms with Crippen LogP contribution in [0, 0.1) is 0 Å². The zero-order valence-electron chi connectivity index (χ0n) is 18.6. The number of ether oxygens (including phenoxy) is 5. The molecule has 35 heavy (non-hydrogen) atoms. The Balaban J connectivity index is 1.62. The second-order valence-electron chi connectivity index (χ2n) is 9.48. The first-order valence-electron chi connectivity index (χ1n) is 11.4. The highest BCUT2D eigenvalue weighted by molar-refractivity contribution is 5.04. The molecule has 0 aromatic heterocycles. The topological polar surface area (TPSA) is 286 Å². The molecule has 3 heterocycles. The Morgan fingerprint density at radius 3 is 2.00 bits per heavy atom. The molecule has 3 aliphatic heterocycles. The van der Waals surface area contributed by atoms with E-state index >= 15 is 0 Å². The lowest BCUT2D eigenvalue weighted by Crippen LogP contribution is -2.69. The summed E-state index contributed by atoms with van der Waals surface area (Å²) in [6.07, 6.45) is -18.2. The highest BCUT2D eigenvalue weighted by atomic mass is 16.9.